The SMILES string of the molecule is C=C(CN)/C(=C(F)\C=C/C)C1CC1.CC. The van der Waals surface area contributed by atoms with Crippen molar-refractivity contribution >= 4 is 0 Å². The van der Waals surface area contributed by atoms with E-state index >= 15 is 0 Å². The third-order valence-corrected chi connectivity index (χ3v) is 2.18. The molecule has 0 amide bonds. The number of rotatable bonds is 4. The van der Waals surface area contributed by atoms with Gasteiger partial charge in [0.15, 0.2) is 0 Å². The van der Waals surface area contributed by atoms with Crippen LogP contribution in [0.25, 0.3) is 0 Å². The standard InChI is InChI=1S/C11H16FN.C2H6/c1-3-4-10(12)11(8(2)7-13)9-5-6-9;1-2/h3-4,9H,2,5-7,13H2,1H3;1-2H3/b4-3-,11-10-;. The van der Waals surface area contributed by atoms with E-state index in [1.165, 1.54) is 6.08 Å². The van der Waals surface area contributed by atoms with Gasteiger partial charge in [0.1, 0.15) is 5.83 Å². The van der Waals surface area contributed by atoms with E-state index < -0.39 is 0 Å². The number of hydrogen-bond acceptors (Lipinski definition) is 1. The first kappa shape index (κ1) is 14.1. The fraction of sp³-hybridized carbons (Fsp3) is 0.538. The van der Waals surface area contributed by atoms with Crippen LogP contribution in [0.2, 0.25) is 0 Å². The highest BCUT2D eigenvalue weighted by Crippen LogP contribution is 2.41. The smallest absolute Gasteiger partial charge is 0.126 e. The molecule has 2 N–H and O–H groups in total. The lowest BCUT2D eigenvalue weighted by molar-refractivity contribution is 0.644. The fourth-order valence-electron chi connectivity index (χ4n) is 1.37. The van der Waals surface area contributed by atoms with Gasteiger partial charge in [0.05, 0.1) is 0 Å². The van der Waals surface area contributed by atoms with Crippen molar-refractivity contribution in [3.05, 3.63) is 35.7 Å². The fourth-order valence-corrected chi connectivity index (χ4v) is 1.37. The van der Waals surface area contributed by atoms with Crippen LogP contribution < -0.4 is 5.73 Å². The molecule has 0 aromatic carbocycles. The number of hydrogen-bond donors (Lipinski definition) is 1. The molecule has 86 valence electrons. The molecular weight excluding hydrogens is 189 g/mol. The van der Waals surface area contributed by atoms with Gasteiger partial charge in [-0.25, -0.2) is 4.39 Å². The first-order valence-corrected chi connectivity index (χ1v) is 5.61. The second-order valence-electron chi connectivity index (χ2n) is 3.34. The Morgan fingerprint density at radius 2 is 2.00 bits per heavy atom. The van der Waals surface area contributed by atoms with Gasteiger partial charge < -0.3 is 5.73 Å². The molecule has 1 saturated carbocycles. The molecule has 0 unspecified atom stereocenters. The second-order valence-corrected chi connectivity index (χ2v) is 3.34. The van der Waals surface area contributed by atoms with Crippen LogP contribution in [-0.2, 0) is 0 Å². The monoisotopic (exact) mass is 211 g/mol. The molecule has 0 saturated heterocycles. The average molecular weight is 211 g/mol. The molecule has 0 heterocycles. The third kappa shape index (κ3) is 4.43. The Hall–Kier alpha value is -0.890. The van der Waals surface area contributed by atoms with Crippen molar-refractivity contribution in [1.29, 1.82) is 0 Å². The molecule has 1 aliphatic rings. The lowest BCUT2D eigenvalue weighted by Gasteiger charge is -2.07. The summed E-state index contributed by atoms with van der Waals surface area (Å²) >= 11 is 0. The molecule has 0 atom stereocenters. The van der Waals surface area contributed by atoms with E-state index in [9.17, 15) is 4.39 Å². The van der Waals surface area contributed by atoms with Crippen LogP contribution in [0.5, 0.6) is 0 Å². The second kappa shape index (κ2) is 7.41. The molecule has 0 spiro atoms. The Morgan fingerprint density at radius 3 is 2.33 bits per heavy atom. The van der Waals surface area contributed by atoms with Gasteiger partial charge >= 0.3 is 0 Å². The highest BCUT2D eigenvalue weighted by atomic mass is 19.1. The Balaban J connectivity index is 0.000000921. The van der Waals surface area contributed by atoms with Gasteiger partial charge in [-0.1, -0.05) is 26.5 Å². The van der Waals surface area contributed by atoms with Gasteiger partial charge in [0.25, 0.3) is 0 Å². The molecule has 1 fully saturated rings. The molecule has 0 aromatic heterocycles. The van der Waals surface area contributed by atoms with Crippen LogP contribution in [0.1, 0.15) is 33.6 Å². The van der Waals surface area contributed by atoms with E-state index in [1.807, 2.05) is 13.8 Å². The summed E-state index contributed by atoms with van der Waals surface area (Å²) in [6.07, 6.45) is 5.31. The lowest BCUT2D eigenvalue weighted by atomic mass is 10.0. The highest BCUT2D eigenvalue weighted by molar-refractivity contribution is 5.40. The quantitative estimate of drug-likeness (QED) is 0.704. The summed E-state index contributed by atoms with van der Waals surface area (Å²) in [5.41, 5.74) is 6.92. The van der Waals surface area contributed by atoms with Crippen LogP contribution in [0.15, 0.2) is 35.7 Å². The Bertz CT molecular complexity index is 260. The number of halogens is 1. The van der Waals surface area contributed by atoms with Gasteiger partial charge in [-0.05, 0) is 42.9 Å². The van der Waals surface area contributed by atoms with Gasteiger partial charge in [0.2, 0.25) is 0 Å². The van der Waals surface area contributed by atoms with E-state index in [1.54, 1.807) is 13.0 Å². The molecule has 15 heavy (non-hydrogen) atoms. The van der Waals surface area contributed by atoms with Gasteiger partial charge in [-0.2, -0.15) is 0 Å². The number of nitrogens with two attached hydrogens (primary N) is 1. The zero-order valence-electron chi connectivity index (χ0n) is 10.0. The van der Waals surface area contributed by atoms with E-state index in [4.69, 9.17) is 5.73 Å². The van der Waals surface area contributed by atoms with Crippen LogP contribution in [0, 0.1) is 5.92 Å². The van der Waals surface area contributed by atoms with Crippen molar-refractivity contribution in [1.82, 2.24) is 0 Å². The van der Waals surface area contributed by atoms with E-state index in [0.29, 0.717) is 12.5 Å². The van der Waals surface area contributed by atoms with Gasteiger partial charge in [-0.3, -0.25) is 0 Å². The van der Waals surface area contributed by atoms with Crippen LogP contribution in [0.4, 0.5) is 4.39 Å². The predicted octanol–water partition coefficient (Wildman–Crippen LogP) is 3.74. The minimum absolute atomic E-state index is 0.166. The predicted molar refractivity (Wildman–Crippen MR) is 65.2 cm³/mol. The molecule has 2 heteroatoms. The normalized spacial score (nSPS) is 16.9. The molecule has 1 nitrogen and oxygen atoms in total. The molecule has 0 bridgehead atoms. The van der Waals surface area contributed by atoms with E-state index in [2.05, 4.69) is 6.58 Å². The molecular formula is C13H22FN. The summed E-state index contributed by atoms with van der Waals surface area (Å²) in [5, 5.41) is 0. The summed E-state index contributed by atoms with van der Waals surface area (Å²) in [6, 6.07) is 0. The minimum atomic E-state index is -0.166. The maximum Gasteiger partial charge on any atom is 0.126 e. The summed E-state index contributed by atoms with van der Waals surface area (Å²) in [4.78, 5) is 0. The zero-order valence-corrected chi connectivity index (χ0v) is 10.0. The van der Waals surface area contributed by atoms with Crippen LogP contribution in [-0.4, -0.2) is 6.54 Å². The third-order valence-electron chi connectivity index (χ3n) is 2.18. The number of allylic oxidation sites excluding steroid dienone is 3. The average Bonchev–Trinajstić information content (AvgIpc) is 3.05. The van der Waals surface area contributed by atoms with Crippen molar-refractivity contribution in [2.45, 2.75) is 33.6 Å². The van der Waals surface area contributed by atoms with E-state index in [0.717, 1.165) is 24.0 Å². The van der Waals surface area contributed by atoms with Crippen molar-refractivity contribution < 1.29 is 4.39 Å². The van der Waals surface area contributed by atoms with Crippen molar-refractivity contribution in [3.63, 3.8) is 0 Å². The van der Waals surface area contributed by atoms with Crippen molar-refractivity contribution in [2.75, 3.05) is 6.54 Å². The van der Waals surface area contributed by atoms with Gasteiger partial charge in [0, 0.05) is 6.54 Å². The Labute approximate surface area is 92.6 Å². The molecule has 0 aliphatic heterocycles. The van der Waals surface area contributed by atoms with Gasteiger partial charge in [-0.15, -0.1) is 0 Å². The van der Waals surface area contributed by atoms with Crippen LogP contribution >= 0.6 is 0 Å². The first-order chi connectivity index (χ1) is 7.20. The Kier molecular flexibility index (Phi) is 6.97. The summed E-state index contributed by atoms with van der Waals surface area (Å²) in [7, 11) is 0. The maximum absolute atomic E-state index is 13.5. The molecule has 1 aliphatic carbocycles. The lowest BCUT2D eigenvalue weighted by Crippen LogP contribution is -2.06. The first-order valence-electron chi connectivity index (χ1n) is 5.61. The van der Waals surface area contributed by atoms with Crippen molar-refractivity contribution in [2.24, 2.45) is 11.7 Å². The Morgan fingerprint density at radius 1 is 1.47 bits per heavy atom. The summed E-state index contributed by atoms with van der Waals surface area (Å²) in [6.45, 7) is 9.93. The minimum Gasteiger partial charge on any atom is -0.327 e. The molecule has 1 rings (SSSR count). The summed E-state index contributed by atoms with van der Waals surface area (Å²) in [5.74, 6) is 0.202. The molecule has 0 radical (unpaired) electrons. The zero-order chi connectivity index (χ0) is 11.8. The van der Waals surface area contributed by atoms with E-state index in [-0.39, 0.29) is 5.83 Å². The van der Waals surface area contributed by atoms with Crippen molar-refractivity contribution in [3.8, 4) is 0 Å². The van der Waals surface area contributed by atoms with Crippen LogP contribution in [0.3, 0.4) is 0 Å². The topological polar surface area (TPSA) is 26.0 Å². The molecule has 0 aromatic rings. The largest absolute Gasteiger partial charge is 0.327 e. The summed E-state index contributed by atoms with van der Waals surface area (Å²) < 4.78 is 13.5. The maximum atomic E-state index is 13.5. The highest BCUT2D eigenvalue weighted by Gasteiger charge is 2.29.